The Kier molecular flexibility index (Phi) is 3.71. The van der Waals surface area contributed by atoms with Crippen molar-refractivity contribution in [3.63, 3.8) is 0 Å². The summed E-state index contributed by atoms with van der Waals surface area (Å²) in [5, 5.41) is 4.78. The summed E-state index contributed by atoms with van der Waals surface area (Å²) in [6.45, 7) is 4.45. The molecule has 1 unspecified atom stereocenters. The number of rotatable bonds is 4. The number of halogens is 1. The first kappa shape index (κ1) is 12.0. The highest BCUT2D eigenvalue weighted by atomic mass is 35.5. The number of amides is 1. The van der Waals surface area contributed by atoms with Crippen molar-refractivity contribution >= 4 is 17.5 Å². The Labute approximate surface area is 93.4 Å². The smallest absolute Gasteiger partial charge is 0.234 e. The van der Waals surface area contributed by atoms with Crippen molar-refractivity contribution in [2.24, 2.45) is 11.5 Å². The van der Waals surface area contributed by atoms with Gasteiger partial charge in [-0.05, 0) is 13.8 Å². The van der Waals surface area contributed by atoms with Crippen molar-refractivity contribution in [2.75, 3.05) is 0 Å². The Hall–Kier alpha value is -1.07. The van der Waals surface area contributed by atoms with Crippen LogP contribution in [0.1, 0.15) is 18.3 Å². The van der Waals surface area contributed by atoms with E-state index in [1.165, 1.54) is 0 Å². The quantitative estimate of drug-likeness (QED) is 0.776. The Morgan fingerprint density at radius 2 is 2.27 bits per heavy atom. The predicted molar refractivity (Wildman–Crippen MR) is 58.5 cm³/mol. The highest BCUT2D eigenvalue weighted by molar-refractivity contribution is 6.31. The molecule has 1 heterocycles. The first-order valence-electron chi connectivity index (χ1n) is 4.74. The van der Waals surface area contributed by atoms with Crippen molar-refractivity contribution in [1.29, 1.82) is 0 Å². The van der Waals surface area contributed by atoms with Crippen LogP contribution in [-0.4, -0.2) is 21.7 Å². The average molecular weight is 231 g/mol. The van der Waals surface area contributed by atoms with Gasteiger partial charge in [0.2, 0.25) is 5.91 Å². The van der Waals surface area contributed by atoms with Crippen molar-refractivity contribution in [2.45, 2.75) is 32.9 Å². The second kappa shape index (κ2) is 4.63. The molecule has 0 aromatic carbocycles. The molecule has 0 spiro atoms. The van der Waals surface area contributed by atoms with Gasteiger partial charge in [-0.15, -0.1) is 0 Å². The summed E-state index contributed by atoms with van der Waals surface area (Å²) < 4.78 is 1.74. The monoisotopic (exact) mass is 230 g/mol. The van der Waals surface area contributed by atoms with E-state index >= 15 is 0 Å². The molecule has 1 rings (SSSR count). The summed E-state index contributed by atoms with van der Waals surface area (Å²) >= 11 is 6.05. The molecule has 1 aromatic rings. The largest absolute Gasteiger partial charge is 0.368 e. The molecule has 0 bridgehead atoms. The molecule has 0 radical (unpaired) electrons. The summed E-state index contributed by atoms with van der Waals surface area (Å²) in [7, 11) is 0. The summed E-state index contributed by atoms with van der Waals surface area (Å²) in [6.07, 6.45) is 0.322. The van der Waals surface area contributed by atoms with Crippen molar-refractivity contribution in [3.05, 3.63) is 16.4 Å². The standard InChI is InChI=1S/C9H15ClN4O/c1-3-14-7(4-6(11)9(12)15)8(10)5(2)13-14/h6H,3-4,11H2,1-2H3,(H2,12,15). The zero-order valence-corrected chi connectivity index (χ0v) is 9.58. The zero-order chi connectivity index (χ0) is 11.6. The molecule has 6 heteroatoms. The van der Waals surface area contributed by atoms with Crippen molar-refractivity contribution in [3.8, 4) is 0 Å². The molecule has 0 aliphatic carbocycles. The number of hydrogen-bond donors (Lipinski definition) is 2. The molecule has 1 aromatic heterocycles. The van der Waals surface area contributed by atoms with E-state index in [1.807, 2.05) is 13.8 Å². The molecule has 0 aliphatic rings. The number of hydrogen-bond acceptors (Lipinski definition) is 3. The maximum Gasteiger partial charge on any atom is 0.234 e. The average Bonchev–Trinajstić information content (AvgIpc) is 2.45. The van der Waals surface area contributed by atoms with Gasteiger partial charge in [-0.1, -0.05) is 11.6 Å². The summed E-state index contributed by atoms with van der Waals surface area (Å²) in [4.78, 5) is 10.8. The van der Waals surface area contributed by atoms with Crippen LogP contribution >= 0.6 is 11.6 Å². The van der Waals surface area contributed by atoms with Gasteiger partial charge in [0, 0.05) is 13.0 Å². The van der Waals surface area contributed by atoms with Crippen LogP contribution in [0.4, 0.5) is 0 Å². The fourth-order valence-corrected chi connectivity index (χ4v) is 1.59. The SMILES string of the molecule is CCn1nc(C)c(Cl)c1CC(N)C(N)=O. The maximum atomic E-state index is 10.8. The van der Waals surface area contributed by atoms with Gasteiger partial charge < -0.3 is 11.5 Å². The molecule has 0 aliphatic heterocycles. The van der Waals surface area contributed by atoms with Crippen LogP contribution in [-0.2, 0) is 17.8 Å². The third-order valence-electron chi connectivity index (χ3n) is 2.23. The summed E-state index contributed by atoms with van der Waals surface area (Å²) in [5.74, 6) is -0.535. The number of carbonyl (C=O) groups is 1. The lowest BCUT2D eigenvalue weighted by atomic mass is 10.1. The van der Waals surface area contributed by atoms with Gasteiger partial charge in [-0.3, -0.25) is 9.48 Å². The van der Waals surface area contributed by atoms with E-state index in [2.05, 4.69) is 5.10 Å². The van der Waals surface area contributed by atoms with E-state index in [0.717, 1.165) is 11.4 Å². The van der Waals surface area contributed by atoms with Crippen LogP contribution in [0.3, 0.4) is 0 Å². The third-order valence-corrected chi connectivity index (χ3v) is 2.72. The fraction of sp³-hybridized carbons (Fsp3) is 0.556. The number of aromatic nitrogens is 2. The lowest BCUT2D eigenvalue weighted by Gasteiger charge is -2.09. The van der Waals surface area contributed by atoms with Gasteiger partial charge in [-0.25, -0.2) is 0 Å². The first-order chi connectivity index (χ1) is 6.97. The van der Waals surface area contributed by atoms with Gasteiger partial charge in [0.1, 0.15) is 0 Å². The van der Waals surface area contributed by atoms with E-state index in [-0.39, 0.29) is 0 Å². The van der Waals surface area contributed by atoms with E-state index in [0.29, 0.717) is 18.0 Å². The third kappa shape index (κ3) is 2.49. The number of carbonyl (C=O) groups excluding carboxylic acids is 1. The van der Waals surface area contributed by atoms with Gasteiger partial charge in [0.05, 0.1) is 22.5 Å². The number of aryl methyl sites for hydroxylation is 2. The van der Waals surface area contributed by atoms with Crippen LogP contribution in [0.25, 0.3) is 0 Å². The zero-order valence-electron chi connectivity index (χ0n) is 8.83. The van der Waals surface area contributed by atoms with E-state index < -0.39 is 11.9 Å². The van der Waals surface area contributed by atoms with Crippen LogP contribution in [0.5, 0.6) is 0 Å². The molecule has 15 heavy (non-hydrogen) atoms. The first-order valence-corrected chi connectivity index (χ1v) is 5.11. The van der Waals surface area contributed by atoms with Crippen LogP contribution in [0, 0.1) is 6.92 Å². The van der Waals surface area contributed by atoms with Crippen molar-refractivity contribution < 1.29 is 4.79 Å². The van der Waals surface area contributed by atoms with E-state index in [1.54, 1.807) is 4.68 Å². The van der Waals surface area contributed by atoms with Gasteiger partial charge in [0.15, 0.2) is 0 Å². The molecule has 5 nitrogen and oxygen atoms in total. The molecular weight excluding hydrogens is 216 g/mol. The predicted octanol–water partition coefficient (Wildman–Crippen LogP) is 0.220. The number of nitrogens with two attached hydrogens (primary N) is 2. The maximum absolute atomic E-state index is 10.8. The molecule has 0 saturated heterocycles. The van der Waals surface area contributed by atoms with Crippen molar-refractivity contribution in [1.82, 2.24) is 9.78 Å². The topological polar surface area (TPSA) is 86.9 Å². The lowest BCUT2D eigenvalue weighted by molar-refractivity contribution is -0.119. The fourth-order valence-electron chi connectivity index (χ4n) is 1.37. The van der Waals surface area contributed by atoms with Crippen LogP contribution < -0.4 is 11.5 Å². The Morgan fingerprint density at radius 1 is 1.67 bits per heavy atom. The normalized spacial score (nSPS) is 12.8. The molecule has 84 valence electrons. The Morgan fingerprint density at radius 3 is 2.73 bits per heavy atom. The molecule has 1 amide bonds. The minimum Gasteiger partial charge on any atom is -0.368 e. The summed E-state index contributed by atoms with van der Waals surface area (Å²) in [5.41, 5.74) is 12.2. The Balaban J connectivity index is 2.97. The second-order valence-electron chi connectivity index (χ2n) is 3.37. The molecule has 1 atom stereocenters. The molecular formula is C9H15ClN4O. The minimum atomic E-state index is -0.719. The van der Waals surface area contributed by atoms with Crippen LogP contribution in [0.15, 0.2) is 0 Å². The molecule has 0 saturated carbocycles. The highest BCUT2D eigenvalue weighted by Gasteiger charge is 2.18. The minimum absolute atomic E-state index is 0.322. The molecule has 4 N–H and O–H groups in total. The summed E-state index contributed by atoms with van der Waals surface area (Å²) in [6, 6.07) is -0.719. The van der Waals surface area contributed by atoms with E-state index in [9.17, 15) is 4.79 Å². The Bertz CT molecular complexity index is 374. The molecule has 0 fully saturated rings. The van der Waals surface area contributed by atoms with Gasteiger partial charge in [0.25, 0.3) is 0 Å². The number of primary amides is 1. The number of nitrogens with zero attached hydrogens (tertiary/aromatic N) is 2. The second-order valence-corrected chi connectivity index (χ2v) is 3.75. The van der Waals surface area contributed by atoms with Crippen LogP contribution in [0.2, 0.25) is 5.02 Å². The van der Waals surface area contributed by atoms with Gasteiger partial charge in [-0.2, -0.15) is 5.10 Å². The lowest BCUT2D eigenvalue weighted by Crippen LogP contribution is -2.38. The highest BCUT2D eigenvalue weighted by Crippen LogP contribution is 2.21. The van der Waals surface area contributed by atoms with Gasteiger partial charge >= 0.3 is 0 Å². The van der Waals surface area contributed by atoms with E-state index in [4.69, 9.17) is 23.1 Å².